The molecule has 0 fully saturated rings. The molecule has 2 aromatic heterocycles. The van der Waals surface area contributed by atoms with Crippen LogP contribution in [0.4, 0.5) is 24.8 Å². The lowest BCUT2D eigenvalue weighted by Crippen LogP contribution is -2.06. The second kappa shape index (κ2) is 6.79. The fourth-order valence-electron chi connectivity index (χ4n) is 2.19. The van der Waals surface area contributed by atoms with Crippen molar-refractivity contribution in [2.45, 2.75) is 6.18 Å². The minimum absolute atomic E-state index is 0.0792. The van der Waals surface area contributed by atoms with Gasteiger partial charge in [0.2, 0.25) is 5.95 Å². The average Bonchev–Trinajstić information content (AvgIpc) is 2.61. The van der Waals surface area contributed by atoms with Crippen LogP contribution >= 0.6 is 0 Å². The Labute approximate surface area is 145 Å². The van der Waals surface area contributed by atoms with E-state index in [1.165, 1.54) is 30.6 Å². The third-order valence-corrected chi connectivity index (χ3v) is 3.38. The lowest BCUT2D eigenvalue weighted by atomic mass is 10.1. The Bertz CT molecular complexity index is 960. The van der Waals surface area contributed by atoms with E-state index in [0.29, 0.717) is 11.3 Å². The van der Waals surface area contributed by atoms with E-state index in [-0.39, 0.29) is 17.3 Å². The van der Waals surface area contributed by atoms with E-state index in [2.05, 4.69) is 20.3 Å². The van der Waals surface area contributed by atoms with Gasteiger partial charge in [-0.1, -0.05) is 6.07 Å². The van der Waals surface area contributed by atoms with E-state index in [0.717, 1.165) is 12.1 Å². The minimum atomic E-state index is -4.45. The number of carbonyl (C=O) groups is 1. The second-order valence-corrected chi connectivity index (χ2v) is 5.20. The van der Waals surface area contributed by atoms with Gasteiger partial charge in [0.05, 0.1) is 11.3 Å². The van der Waals surface area contributed by atoms with Crippen LogP contribution < -0.4 is 5.32 Å². The molecule has 26 heavy (non-hydrogen) atoms. The van der Waals surface area contributed by atoms with Crippen molar-refractivity contribution in [2.24, 2.45) is 0 Å². The molecule has 132 valence electrons. The smallest absolute Gasteiger partial charge is 0.416 e. The highest BCUT2D eigenvalue weighted by molar-refractivity contribution is 5.86. The summed E-state index contributed by atoms with van der Waals surface area (Å²) in [6.45, 7) is 0. The number of aromatic nitrogens is 3. The van der Waals surface area contributed by atoms with Crippen LogP contribution in [0.1, 0.15) is 16.1 Å². The summed E-state index contributed by atoms with van der Waals surface area (Å²) in [6, 6.07) is 9.12. The van der Waals surface area contributed by atoms with Crippen LogP contribution in [0.3, 0.4) is 0 Å². The van der Waals surface area contributed by atoms with Crippen LogP contribution in [0.5, 0.6) is 0 Å². The van der Waals surface area contributed by atoms with Crippen molar-refractivity contribution in [3.05, 3.63) is 66.1 Å². The lowest BCUT2D eigenvalue weighted by molar-refractivity contribution is -0.137. The molecule has 3 rings (SSSR count). The number of carboxylic acids is 1. The van der Waals surface area contributed by atoms with Gasteiger partial charge in [-0.15, -0.1) is 0 Å². The molecule has 0 unspecified atom stereocenters. The van der Waals surface area contributed by atoms with Crippen LogP contribution in [0.2, 0.25) is 0 Å². The van der Waals surface area contributed by atoms with Gasteiger partial charge in [-0.25, -0.2) is 19.7 Å². The Kier molecular flexibility index (Phi) is 4.53. The fourth-order valence-corrected chi connectivity index (χ4v) is 2.19. The van der Waals surface area contributed by atoms with E-state index in [9.17, 15) is 18.0 Å². The SMILES string of the molecule is O=C(O)c1cc(-c2ccnc(Nc3cccc(C(F)(F)F)c3)n2)ccn1. The van der Waals surface area contributed by atoms with Gasteiger partial charge >= 0.3 is 12.1 Å². The molecule has 0 radical (unpaired) electrons. The number of hydrogen-bond acceptors (Lipinski definition) is 5. The normalized spacial score (nSPS) is 11.2. The Morgan fingerprint density at radius 1 is 1.04 bits per heavy atom. The number of nitrogens with one attached hydrogen (secondary N) is 1. The number of aromatic carboxylic acids is 1. The summed E-state index contributed by atoms with van der Waals surface area (Å²) >= 11 is 0. The molecule has 0 atom stereocenters. The Hall–Kier alpha value is -3.49. The average molecular weight is 360 g/mol. The maximum absolute atomic E-state index is 12.8. The fraction of sp³-hybridized carbons (Fsp3) is 0.0588. The van der Waals surface area contributed by atoms with Gasteiger partial charge < -0.3 is 10.4 Å². The van der Waals surface area contributed by atoms with E-state index in [4.69, 9.17) is 5.11 Å². The highest BCUT2D eigenvalue weighted by atomic mass is 19.4. The predicted octanol–water partition coefficient (Wildman–Crippen LogP) is 4.00. The molecule has 2 heterocycles. The molecular formula is C17H11F3N4O2. The quantitative estimate of drug-likeness (QED) is 0.731. The number of alkyl halides is 3. The van der Waals surface area contributed by atoms with E-state index >= 15 is 0 Å². The van der Waals surface area contributed by atoms with Crippen molar-refractivity contribution < 1.29 is 23.1 Å². The summed E-state index contributed by atoms with van der Waals surface area (Å²) in [4.78, 5) is 22.9. The first-order valence-electron chi connectivity index (χ1n) is 7.30. The number of hydrogen-bond donors (Lipinski definition) is 2. The monoisotopic (exact) mass is 360 g/mol. The van der Waals surface area contributed by atoms with Crippen molar-refractivity contribution in [1.29, 1.82) is 0 Å². The van der Waals surface area contributed by atoms with Gasteiger partial charge in [0.25, 0.3) is 0 Å². The highest BCUT2D eigenvalue weighted by Gasteiger charge is 2.30. The van der Waals surface area contributed by atoms with Crippen molar-refractivity contribution in [2.75, 3.05) is 5.32 Å². The third kappa shape index (κ3) is 3.94. The summed E-state index contributed by atoms with van der Waals surface area (Å²) in [6.07, 6.45) is -1.70. The molecule has 0 saturated heterocycles. The van der Waals surface area contributed by atoms with Crippen molar-refractivity contribution in [3.63, 3.8) is 0 Å². The van der Waals surface area contributed by atoms with E-state index in [1.54, 1.807) is 12.1 Å². The molecule has 0 aliphatic carbocycles. The van der Waals surface area contributed by atoms with Crippen LogP contribution in [0.25, 0.3) is 11.3 Å². The van der Waals surface area contributed by atoms with Gasteiger partial charge in [0.1, 0.15) is 5.69 Å². The van der Waals surface area contributed by atoms with Gasteiger partial charge in [-0.2, -0.15) is 13.2 Å². The molecule has 0 amide bonds. The summed E-state index contributed by atoms with van der Waals surface area (Å²) in [5.41, 5.74) is 0.136. The lowest BCUT2D eigenvalue weighted by Gasteiger charge is -2.10. The Morgan fingerprint density at radius 2 is 1.81 bits per heavy atom. The summed E-state index contributed by atoms with van der Waals surface area (Å²) in [5.74, 6) is -1.10. The van der Waals surface area contributed by atoms with Crippen molar-refractivity contribution >= 4 is 17.6 Å². The summed E-state index contributed by atoms with van der Waals surface area (Å²) in [7, 11) is 0. The molecule has 0 aliphatic heterocycles. The molecule has 0 aliphatic rings. The van der Waals surface area contributed by atoms with Crippen LogP contribution in [0.15, 0.2) is 54.9 Å². The highest BCUT2D eigenvalue weighted by Crippen LogP contribution is 2.31. The first-order chi connectivity index (χ1) is 12.3. The molecular weight excluding hydrogens is 349 g/mol. The third-order valence-electron chi connectivity index (χ3n) is 3.38. The summed E-state index contributed by atoms with van der Waals surface area (Å²) in [5, 5.41) is 11.7. The van der Waals surface area contributed by atoms with Gasteiger partial charge in [0.15, 0.2) is 0 Å². The number of halogens is 3. The number of nitrogens with zero attached hydrogens (tertiary/aromatic N) is 3. The standard InChI is InChI=1S/C17H11F3N4O2/c18-17(19,20)11-2-1-3-12(9-11)23-16-22-7-5-13(24-16)10-4-6-21-14(8-10)15(25)26/h1-9H,(H,25,26)(H,22,23,24). The Balaban J connectivity index is 1.89. The Morgan fingerprint density at radius 3 is 2.54 bits per heavy atom. The first kappa shape index (κ1) is 17.3. The molecule has 0 bridgehead atoms. The summed E-state index contributed by atoms with van der Waals surface area (Å²) < 4.78 is 38.3. The molecule has 0 saturated carbocycles. The molecule has 9 heteroatoms. The van der Waals surface area contributed by atoms with Crippen molar-refractivity contribution in [3.8, 4) is 11.3 Å². The number of rotatable bonds is 4. The van der Waals surface area contributed by atoms with Crippen LogP contribution in [-0.4, -0.2) is 26.0 Å². The predicted molar refractivity (Wildman–Crippen MR) is 86.9 cm³/mol. The number of benzene rings is 1. The molecule has 0 spiro atoms. The molecule has 1 aromatic carbocycles. The number of pyridine rings is 1. The topological polar surface area (TPSA) is 88.0 Å². The largest absolute Gasteiger partial charge is 0.477 e. The van der Waals surface area contributed by atoms with E-state index in [1.807, 2.05) is 0 Å². The van der Waals surface area contributed by atoms with Gasteiger partial charge in [-0.05, 0) is 36.4 Å². The van der Waals surface area contributed by atoms with Gasteiger partial charge in [0, 0.05) is 23.6 Å². The zero-order valence-corrected chi connectivity index (χ0v) is 13.0. The zero-order chi connectivity index (χ0) is 18.7. The number of carboxylic acid groups (broad SMARTS) is 1. The first-order valence-corrected chi connectivity index (χ1v) is 7.30. The van der Waals surface area contributed by atoms with Crippen LogP contribution in [-0.2, 0) is 6.18 Å². The van der Waals surface area contributed by atoms with E-state index < -0.39 is 17.7 Å². The number of anilines is 2. The maximum atomic E-state index is 12.8. The maximum Gasteiger partial charge on any atom is 0.416 e. The van der Waals surface area contributed by atoms with Gasteiger partial charge in [-0.3, -0.25) is 0 Å². The minimum Gasteiger partial charge on any atom is -0.477 e. The molecule has 2 N–H and O–H groups in total. The van der Waals surface area contributed by atoms with Crippen LogP contribution in [0, 0.1) is 0 Å². The van der Waals surface area contributed by atoms with Crippen molar-refractivity contribution in [1.82, 2.24) is 15.0 Å². The molecule has 3 aromatic rings. The zero-order valence-electron chi connectivity index (χ0n) is 13.0. The second-order valence-electron chi connectivity index (χ2n) is 5.20. The molecule has 6 nitrogen and oxygen atoms in total.